The normalized spacial score (nSPS) is 11.5. The van der Waals surface area contributed by atoms with E-state index in [-0.39, 0.29) is 5.82 Å². The van der Waals surface area contributed by atoms with Gasteiger partial charge >= 0.3 is 0 Å². The summed E-state index contributed by atoms with van der Waals surface area (Å²) < 4.78 is 13.1. The number of halogens is 1. The van der Waals surface area contributed by atoms with E-state index in [1.807, 2.05) is 13.0 Å². The van der Waals surface area contributed by atoms with Crippen molar-refractivity contribution in [2.24, 2.45) is 4.99 Å². The third-order valence-electron chi connectivity index (χ3n) is 3.50. The maximum Gasteiger partial charge on any atom is 0.190 e. The zero-order chi connectivity index (χ0) is 15.8. The number of nitrogens with zero attached hydrogens (tertiary/aromatic N) is 1. The summed E-state index contributed by atoms with van der Waals surface area (Å²) >= 11 is 1.72. The van der Waals surface area contributed by atoms with Gasteiger partial charge < -0.3 is 10.6 Å². The maximum atomic E-state index is 13.1. The van der Waals surface area contributed by atoms with Crippen molar-refractivity contribution in [2.75, 3.05) is 20.1 Å². The van der Waals surface area contributed by atoms with Gasteiger partial charge in [0.2, 0.25) is 0 Å². The molecule has 0 saturated carbocycles. The van der Waals surface area contributed by atoms with E-state index >= 15 is 0 Å². The second-order valence-corrected chi connectivity index (χ2v) is 5.91. The standard InChI is InChI=1S/C17H22FN3S/c1-13-11-16(18)4-3-15(13)6-9-21-17(19-2)20-8-5-14-7-10-22-12-14/h3-4,7,10-12H,5-6,8-9H2,1-2H3,(H2,19,20,21). The molecule has 1 aromatic heterocycles. The summed E-state index contributed by atoms with van der Waals surface area (Å²) in [5.41, 5.74) is 3.49. The molecule has 0 amide bonds. The van der Waals surface area contributed by atoms with Crippen LogP contribution < -0.4 is 10.6 Å². The molecule has 0 aliphatic rings. The number of nitrogens with one attached hydrogen (secondary N) is 2. The Bertz CT molecular complexity index is 608. The predicted molar refractivity (Wildman–Crippen MR) is 92.2 cm³/mol. The zero-order valence-electron chi connectivity index (χ0n) is 13.0. The highest BCUT2D eigenvalue weighted by atomic mass is 32.1. The van der Waals surface area contributed by atoms with E-state index < -0.39 is 0 Å². The van der Waals surface area contributed by atoms with Gasteiger partial charge in [0.15, 0.2) is 5.96 Å². The molecule has 2 rings (SSSR count). The highest BCUT2D eigenvalue weighted by molar-refractivity contribution is 7.07. The molecule has 118 valence electrons. The SMILES string of the molecule is CN=C(NCCc1ccsc1)NCCc1ccc(F)cc1C. The molecule has 3 nitrogen and oxygen atoms in total. The summed E-state index contributed by atoms with van der Waals surface area (Å²) in [5, 5.41) is 10.8. The van der Waals surface area contributed by atoms with Crippen LogP contribution in [-0.2, 0) is 12.8 Å². The molecule has 2 N–H and O–H groups in total. The van der Waals surface area contributed by atoms with Gasteiger partial charge in [-0.15, -0.1) is 0 Å². The van der Waals surface area contributed by atoms with Gasteiger partial charge in [-0.2, -0.15) is 11.3 Å². The molecule has 0 fully saturated rings. The van der Waals surface area contributed by atoms with Gasteiger partial charge in [0.25, 0.3) is 0 Å². The largest absolute Gasteiger partial charge is 0.356 e. The minimum atomic E-state index is -0.180. The Morgan fingerprint density at radius 2 is 1.95 bits per heavy atom. The lowest BCUT2D eigenvalue weighted by molar-refractivity contribution is 0.625. The number of thiophene rings is 1. The van der Waals surface area contributed by atoms with Crippen molar-refractivity contribution in [1.82, 2.24) is 10.6 Å². The Kier molecular flexibility index (Phi) is 6.40. The Labute approximate surface area is 135 Å². The summed E-state index contributed by atoms with van der Waals surface area (Å²) in [6.45, 7) is 3.56. The molecule has 0 bridgehead atoms. The molecule has 0 spiro atoms. The average Bonchev–Trinajstić information content (AvgIpc) is 3.01. The van der Waals surface area contributed by atoms with E-state index in [4.69, 9.17) is 0 Å². The van der Waals surface area contributed by atoms with Crippen LogP contribution in [0.3, 0.4) is 0 Å². The minimum absolute atomic E-state index is 0.180. The first-order chi connectivity index (χ1) is 10.7. The number of hydrogen-bond acceptors (Lipinski definition) is 2. The minimum Gasteiger partial charge on any atom is -0.356 e. The first-order valence-corrected chi connectivity index (χ1v) is 8.34. The molecule has 0 unspecified atom stereocenters. The Balaban J connectivity index is 1.72. The average molecular weight is 319 g/mol. The van der Waals surface area contributed by atoms with Crippen LogP contribution in [0.4, 0.5) is 4.39 Å². The fourth-order valence-corrected chi connectivity index (χ4v) is 2.94. The van der Waals surface area contributed by atoms with Crippen LogP contribution in [0.1, 0.15) is 16.7 Å². The number of hydrogen-bond donors (Lipinski definition) is 2. The van der Waals surface area contributed by atoms with Crippen molar-refractivity contribution in [3.05, 3.63) is 57.5 Å². The van der Waals surface area contributed by atoms with E-state index in [0.717, 1.165) is 43.0 Å². The summed E-state index contributed by atoms with van der Waals surface area (Å²) in [5.74, 6) is 0.620. The summed E-state index contributed by atoms with van der Waals surface area (Å²) in [7, 11) is 1.77. The molecule has 0 atom stereocenters. The van der Waals surface area contributed by atoms with Crippen molar-refractivity contribution >= 4 is 17.3 Å². The first-order valence-electron chi connectivity index (χ1n) is 7.39. The lowest BCUT2D eigenvalue weighted by atomic mass is 10.1. The van der Waals surface area contributed by atoms with E-state index in [9.17, 15) is 4.39 Å². The molecule has 0 aliphatic carbocycles. The molecular weight excluding hydrogens is 297 g/mol. The van der Waals surface area contributed by atoms with Gasteiger partial charge in [-0.05, 0) is 65.4 Å². The van der Waals surface area contributed by atoms with Gasteiger partial charge in [-0.25, -0.2) is 4.39 Å². The highest BCUT2D eigenvalue weighted by Gasteiger charge is 2.02. The van der Waals surface area contributed by atoms with Crippen molar-refractivity contribution < 1.29 is 4.39 Å². The van der Waals surface area contributed by atoms with Crippen molar-refractivity contribution in [3.8, 4) is 0 Å². The van der Waals surface area contributed by atoms with Crippen LogP contribution in [0.5, 0.6) is 0 Å². The number of rotatable bonds is 6. The van der Waals surface area contributed by atoms with Gasteiger partial charge in [0.05, 0.1) is 0 Å². The summed E-state index contributed by atoms with van der Waals surface area (Å²) in [6.07, 6.45) is 1.83. The van der Waals surface area contributed by atoms with Crippen LogP contribution in [0.15, 0.2) is 40.0 Å². The van der Waals surface area contributed by atoms with Crippen LogP contribution in [-0.4, -0.2) is 26.1 Å². The van der Waals surface area contributed by atoms with Gasteiger partial charge in [0.1, 0.15) is 5.82 Å². The first kappa shape index (κ1) is 16.5. The molecular formula is C17H22FN3S. The summed E-state index contributed by atoms with van der Waals surface area (Å²) in [4.78, 5) is 4.21. The topological polar surface area (TPSA) is 36.4 Å². The number of aryl methyl sites for hydroxylation is 1. The van der Waals surface area contributed by atoms with Crippen molar-refractivity contribution in [1.29, 1.82) is 0 Å². The second kappa shape index (κ2) is 8.54. The fraction of sp³-hybridized carbons (Fsp3) is 0.353. The van der Waals surface area contributed by atoms with Crippen LogP contribution in [0.25, 0.3) is 0 Å². The van der Waals surface area contributed by atoms with E-state index in [2.05, 4.69) is 32.5 Å². The third kappa shape index (κ3) is 5.15. The molecule has 1 aromatic carbocycles. The number of guanidine groups is 1. The van der Waals surface area contributed by atoms with Crippen LogP contribution in [0.2, 0.25) is 0 Å². The fourth-order valence-electron chi connectivity index (χ4n) is 2.24. The maximum absolute atomic E-state index is 13.1. The highest BCUT2D eigenvalue weighted by Crippen LogP contribution is 2.10. The zero-order valence-corrected chi connectivity index (χ0v) is 13.8. The Hall–Kier alpha value is -1.88. The van der Waals surface area contributed by atoms with Gasteiger partial charge in [-0.1, -0.05) is 6.07 Å². The molecule has 2 aromatic rings. The van der Waals surface area contributed by atoms with Crippen molar-refractivity contribution in [2.45, 2.75) is 19.8 Å². The molecule has 5 heteroatoms. The van der Waals surface area contributed by atoms with Gasteiger partial charge in [-0.3, -0.25) is 4.99 Å². The molecule has 22 heavy (non-hydrogen) atoms. The summed E-state index contributed by atoms with van der Waals surface area (Å²) in [6, 6.07) is 7.07. The smallest absolute Gasteiger partial charge is 0.190 e. The number of benzene rings is 1. The second-order valence-electron chi connectivity index (χ2n) is 5.13. The van der Waals surface area contributed by atoms with Gasteiger partial charge in [0, 0.05) is 20.1 Å². The third-order valence-corrected chi connectivity index (χ3v) is 4.23. The van der Waals surface area contributed by atoms with E-state index in [1.54, 1.807) is 24.5 Å². The quantitative estimate of drug-likeness (QED) is 0.634. The number of aliphatic imine (C=N–C) groups is 1. The van der Waals surface area contributed by atoms with Crippen LogP contribution in [0, 0.1) is 12.7 Å². The Morgan fingerprint density at radius 3 is 2.59 bits per heavy atom. The molecule has 0 radical (unpaired) electrons. The lowest BCUT2D eigenvalue weighted by Crippen LogP contribution is -2.39. The Morgan fingerprint density at radius 1 is 1.18 bits per heavy atom. The van der Waals surface area contributed by atoms with E-state index in [0.29, 0.717) is 0 Å². The molecule has 0 saturated heterocycles. The predicted octanol–water partition coefficient (Wildman–Crippen LogP) is 3.15. The van der Waals surface area contributed by atoms with Crippen LogP contribution >= 0.6 is 11.3 Å². The van der Waals surface area contributed by atoms with E-state index in [1.165, 1.54) is 11.6 Å². The van der Waals surface area contributed by atoms with Crippen molar-refractivity contribution in [3.63, 3.8) is 0 Å². The molecule has 1 heterocycles. The lowest BCUT2D eigenvalue weighted by Gasteiger charge is -2.12. The molecule has 0 aliphatic heterocycles. The monoisotopic (exact) mass is 319 g/mol.